The summed E-state index contributed by atoms with van der Waals surface area (Å²) in [7, 11) is 0. The van der Waals surface area contributed by atoms with Crippen molar-refractivity contribution in [1.29, 1.82) is 0 Å². The van der Waals surface area contributed by atoms with Crippen molar-refractivity contribution in [3.63, 3.8) is 0 Å². The van der Waals surface area contributed by atoms with Crippen LogP contribution in [0.25, 0.3) is 0 Å². The molecule has 1 aliphatic heterocycles. The SMILES string of the molecule is CCNC1COCC1C(=O)Nc1cc(Cl)ccc1C(=O)O. The van der Waals surface area contributed by atoms with Crippen LogP contribution in [0.4, 0.5) is 5.69 Å². The Morgan fingerprint density at radius 1 is 1.43 bits per heavy atom. The number of hydrogen-bond donors (Lipinski definition) is 3. The van der Waals surface area contributed by atoms with E-state index in [2.05, 4.69) is 10.6 Å². The van der Waals surface area contributed by atoms with Crippen molar-refractivity contribution in [2.24, 2.45) is 5.92 Å². The summed E-state index contributed by atoms with van der Waals surface area (Å²) in [6.07, 6.45) is 0. The maximum atomic E-state index is 12.3. The Bertz CT molecular complexity index is 550. The molecule has 2 rings (SSSR count). The number of ether oxygens (including phenoxy) is 1. The number of nitrogens with one attached hydrogen (secondary N) is 2. The molecule has 7 heteroatoms. The fourth-order valence-corrected chi connectivity index (χ4v) is 2.48. The number of anilines is 1. The molecule has 0 aromatic heterocycles. The Morgan fingerprint density at radius 3 is 2.86 bits per heavy atom. The highest BCUT2D eigenvalue weighted by molar-refractivity contribution is 6.31. The summed E-state index contributed by atoms with van der Waals surface area (Å²) in [6, 6.07) is 4.21. The van der Waals surface area contributed by atoms with E-state index in [1.165, 1.54) is 18.2 Å². The molecular weight excluding hydrogens is 296 g/mol. The molecule has 1 aromatic rings. The highest BCUT2D eigenvalue weighted by atomic mass is 35.5. The third kappa shape index (κ3) is 3.72. The first kappa shape index (κ1) is 15.8. The molecule has 1 saturated heterocycles. The van der Waals surface area contributed by atoms with Gasteiger partial charge in [0.2, 0.25) is 5.91 Å². The summed E-state index contributed by atoms with van der Waals surface area (Å²) >= 11 is 5.86. The van der Waals surface area contributed by atoms with Gasteiger partial charge in [-0.05, 0) is 24.7 Å². The first-order chi connectivity index (χ1) is 10.0. The van der Waals surface area contributed by atoms with E-state index < -0.39 is 5.97 Å². The zero-order chi connectivity index (χ0) is 15.4. The van der Waals surface area contributed by atoms with Crippen LogP contribution in [0.15, 0.2) is 18.2 Å². The van der Waals surface area contributed by atoms with Gasteiger partial charge in [0.15, 0.2) is 0 Å². The molecule has 1 amide bonds. The third-order valence-electron chi connectivity index (χ3n) is 3.35. The lowest BCUT2D eigenvalue weighted by atomic mass is 10.0. The minimum atomic E-state index is -1.12. The van der Waals surface area contributed by atoms with Gasteiger partial charge in [0.25, 0.3) is 0 Å². The molecule has 0 radical (unpaired) electrons. The van der Waals surface area contributed by atoms with E-state index in [9.17, 15) is 9.59 Å². The summed E-state index contributed by atoms with van der Waals surface area (Å²) in [5, 5.41) is 15.3. The quantitative estimate of drug-likeness (QED) is 0.768. The van der Waals surface area contributed by atoms with Crippen molar-refractivity contribution < 1.29 is 19.4 Å². The van der Waals surface area contributed by atoms with Crippen LogP contribution in [0.1, 0.15) is 17.3 Å². The van der Waals surface area contributed by atoms with Gasteiger partial charge in [0.1, 0.15) is 0 Å². The molecule has 0 bridgehead atoms. The monoisotopic (exact) mass is 312 g/mol. The molecule has 6 nitrogen and oxygen atoms in total. The Balaban J connectivity index is 2.16. The van der Waals surface area contributed by atoms with Crippen LogP contribution in [0.2, 0.25) is 5.02 Å². The normalized spacial score (nSPS) is 21.2. The lowest BCUT2D eigenvalue weighted by Gasteiger charge is -2.18. The number of carbonyl (C=O) groups excluding carboxylic acids is 1. The molecule has 2 atom stereocenters. The van der Waals surface area contributed by atoms with Crippen LogP contribution in [0.3, 0.4) is 0 Å². The molecular formula is C14H17ClN2O4. The van der Waals surface area contributed by atoms with E-state index >= 15 is 0 Å². The lowest BCUT2D eigenvalue weighted by Crippen LogP contribution is -2.41. The summed E-state index contributed by atoms with van der Waals surface area (Å²) in [6.45, 7) is 3.46. The zero-order valence-corrected chi connectivity index (χ0v) is 12.3. The van der Waals surface area contributed by atoms with Gasteiger partial charge in [-0.15, -0.1) is 0 Å². The maximum absolute atomic E-state index is 12.3. The number of amides is 1. The molecule has 2 unspecified atom stereocenters. The average molecular weight is 313 g/mol. The number of carboxylic acid groups (broad SMARTS) is 1. The van der Waals surface area contributed by atoms with E-state index in [0.29, 0.717) is 18.2 Å². The van der Waals surface area contributed by atoms with E-state index in [1.807, 2.05) is 6.92 Å². The molecule has 0 aliphatic carbocycles. The number of carboxylic acids is 1. The van der Waals surface area contributed by atoms with Crippen LogP contribution < -0.4 is 10.6 Å². The molecule has 3 N–H and O–H groups in total. The predicted molar refractivity (Wildman–Crippen MR) is 78.8 cm³/mol. The summed E-state index contributed by atoms with van der Waals surface area (Å²) in [5.74, 6) is -1.75. The Labute approximate surface area is 127 Å². The predicted octanol–water partition coefficient (Wildman–Crippen LogP) is 1.60. The van der Waals surface area contributed by atoms with Gasteiger partial charge in [-0.3, -0.25) is 4.79 Å². The van der Waals surface area contributed by atoms with Crippen LogP contribution in [-0.2, 0) is 9.53 Å². The standard InChI is InChI=1S/C14H17ClN2O4/c1-2-16-12-7-21-6-10(12)13(18)17-11-5-8(15)3-4-9(11)14(19)20/h3-5,10,12,16H,2,6-7H2,1H3,(H,17,18)(H,19,20). The van der Waals surface area contributed by atoms with Crippen molar-refractivity contribution in [1.82, 2.24) is 5.32 Å². The first-order valence-electron chi connectivity index (χ1n) is 6.67. The number of likely N-dealkylation sites (N-methyl/N-ethyl adjacent to an activating group) is 1. The van der Waals surface area contributed by atoms with Crippen molar-refractivity contribution in [2.75, 3.05) is 25.1 Å². The maximum Gasteiger partial charge on any atom is 0.337 e. The number of hydrogen-bond acceptors (Lipinski definition) is 4. The number of halogens is 1. The fraction of sp³-hybridized carbons (Fsp3) is 0.429. The number of benzene rings is 1. The summed E-state index contributed by atoms with van der Waals surface area (Å²) in [4.78, 5) is 23.5. The largest absolute Gasteiger partial charge is 0.478 e. The molecule has 1 heterocycles. The summed E-state index contributed by atoms with van der Waals surface area (Å²) < 4.78 is 5.32. The average Bonchev–Trinajstić information content (AvgIpc) is 2.87. The first-order valence-corrected chi connectivity index (χ1v) is 7.05. The number of aromatic carboxylic acids is 1. The molecule has 21 heavy (non-hydrogen) atoms. The van der Waals surface area contributed by atoms with Crippen molar-refractivity contribution in [2.45, 2.75) is 13.0 Å². The third-order valence-corrected chi connectivity index (χ3v) is 3.59. The molecule has 0 spiro atoms. The second kappa shape index (κ2) is 6.89. The van der Waals surface area contributed by atoms with Gasteiger partial charge in [-0.1, -0.05) is 18.5 Å². The van der Waals surface area contributed by atoms with Crippen molar-refractivity contribution in [3.8, 4) is 0 Å². The van der Waals surface area contributed by atoms with E-state index in [0.717, 1.165) is 6.54 Å². The Kier molecular flexibility index (Phi) is 5.17. The van der Waals surface area contributed by atoms with E-state index in [-0.39, 0.29) is 29.1 Å². The van der Waals surface area contributed by atoms with Gasteiger partial charge in [-0.2, -0.15) is 0 Å². The van der Waals surface area contributed by atoms with Gasteiger partial charge in [-0.25, -0.2) is 4.79 Å². The number of carbonyl (C=O) groups is 2. The fourth-order valence-electron chi connectivity index (χ4n) is 2.31. The minimum Gasteiger partial charge on any atom is -0.478 e. The summed E-state index contributed by atoms with van der Waals surface area (Å²) in [5.41, 5.74) is 0.203. The molecule has 114 valence electrons. The topological polar surface area (TPSA) is 87.7 Å². The van der Waals surface area contributed by atoms with Gasteiger partial charge in [0.05, 0.1) is 30.4 Å². The van der Waals surface area contributed by atoms with Gasteiger partial charge >= 0.3 is 5.97 Å². The van der Waals surface area contributed by atoms with Crippen LogP contribution >= 0.6 is 11.6 Å². The van der Waals surface area contributed by atoms with Crippen LogP contribution in [-0.4, -0.2) is 42.8 Å². The van der Waals surface area contributed by atoms with Crippen molar-refractivity contribution >= 4 is 29.2 Å². The Hall–Kier alpha value is -1.63. The highest BCUT2D eigenvalue weighted by Crippen LogP contribution is 2.23. The Morgan fingerprint density at radius 2 is 2.19 bits per heavy atom. The second-order valence-electron chi connectivity index (χ2n) is 4.79. The van der Waals surface area contributed by atoms with Gasteiger partial charge < -0.3 is 20.5 Å². The molecule has 1 aromatic carbocycles. The van der Waals surface area contributed by atoms with Crippen LogP contribution in [0.5, 0.6) is 0 Å². The minimum absolute atomic E-state index is 0.00617. The van der Waals surface area contributed by atoms with E-state index in [1.54, 1.807) is 0 Å². The smallest absolute Gasteiger partial charge is 0.337 e. The highest BCUT2D eigenvalue weighted by Gasteiger charge is 2.33. The van der Waals surface area contributed by atoms with Crippen molar-refractivity contribution in [3.05, 3.63) is 28.8 Å². The molecule has 0 saturated carbocycles. The van der Waals surface area contributed by atoms with Gasteiger partial charge in [0, 0.05) is 11.1 Å². The van der Waals surface area contributed by atoms with E-state index in [4.69, 9.17) is 21.4 Å². The molecule has 1 aliphatic rings. The molecule has 1 fully saturated rings. The van der Waals surface area contributed by atoms with Crippen LogP contribution in [0, 0.1) is 5.92 Å². The number of rotatable bonds is 5. The zero-order valence-electron chi connectivity index (χ0n) is 11.6. The second-order valence-corrected chi connectivity index (χ2v) is 5.23. The lowest BCUT2D eigenvalue weighted by molar-refractivity contribution is -0.120.